The van der Waals surface area contributed by atoms with Crippen LogP contribution in [0.3, 0.4) is 0 Å². The average Bonchev–Trinajstić information content (AvgIpc) is 2.23. The molecular formula is C12H15NO2S. The normalized spacial score (nSPS) is 16.0. The highest BCUT2D eigenvalue weighted by atomic mass is 32.2. The summed E-state index contributed by atoms with van der Waals surface area (Å²) in [5, 5.41) is 9.10. The number of likely N-dealkylation sites (tertiary alicyclic amines) is 1. The van der Waals surface area contributed by atoms with E-state index in [0.29, 0.717) is 18.8 Å². The Morgan fingerprint density at radius 3 is 2.81 bits per heavy atom. The predicted molar refractivity (Wildman–Crippen MR) is 64.5 cm³/mol. The molecule has 1 aliphatic heterocycles. The number of aliphatic hydroxyl groups excluding tert-OH is 1. The van der Waals surface area contributed by atoms with Crippen LogP contribution >= 0.6 is 11.8 Å². The molecule has 0 saturated carbocycles. The summed E-state index contributed by atoms with van der Waals surface area (Å²) in [5.41, 5.74) is 1.20. The lowest BCUT2D eigenvalue weighted by Crippen LogP contribution is -2.54. The van der Waals surface area contributed by atoms with Crippen LogP contribution in [0.25, 0.3) is 0 Å². The Balaban J connectivity index is 1.83. The second-order valence-electron chi connectivity index (χ2n) is 4.01. The van der Waals surface area contributed by atoms with Gasteiger partial charge in [-0.25, -0.2) is 0 Å². The summed E-state index contributed by atoms with van der Waals surface area (Å²) in [5.74, 6) is 0.566. The van der Waals surface area contributed by atoms with Crippen molar-refractivity contribution in [1.29, 1.82) is 0 Å². The van der Waals surface area contributed by atoms with E-state index in [9.17, 15) is 4.79 Å². The third kappa shape index (κ3) is 2.57. The Kier molecular flexibility index (Phi) is 3.51. The molecule has 1 saturated heterocycles. The van der Waals surface area contributed by atoms with E-state index in [1.165, 1.54) is 5.56 Å². The predicted octanol–water partition coefficient (Wildman–Crippen LogP) is 1.29. The Bertz CT molecular complexity index is 388. The van der Waals surface area contributed by atoms with Gasteiger partial charge in [0.15, 0.2) is 0 Å². The van der Waals surface area contributed by atoms with Crippen LogP contribution in [-0.4, -0.2) is 40.9 Å². The van der Waals surface area contributed by atoms with E-state index >= 15 is 0 Å². The fourth-order valence-corrected chi connectivity index (χ4v) is 2.54. The molecular weight excluding hydrogens is 222 g/mol. The topological polar surface area (TPSA) is 40.5 Å². The minimum absolute atomic E-state index is 0.110. The molecule has 1 aliphatic rings. The van der Waals surface area contributed by atoms with Crippen molar-refractivity contribution in [3.05, 3.63) is 29.8 Å². The maximum absolute atomic E-state index is 11.6. The Hall–Kier alpha value is -1.00. The number of benzene rings is 1. The van der Waals surface area contributed by atoms with E-state index < -0.39 is 0 Å². The maximum atomic E-state index is 11.6. The van der Waals surface area contributed by atoms with Crippen molar-refractivity contribution in [3.63, 3.8) is 0 Å². The monoisotopic (exact) mass is 237 g/mol. The number of aryl methyl sites for hydroxylation is 1. The molecule has 1 amide bonds. The van der Waals surface area contributed by atoms with Gasteiger partial charge in [-0.2, -0.15) is 0 Å². The van der Waals surface area contributed by atoms with Gasteiger partial charge in [0.2, 0.25) is 5.91 Å². The zero-order chi connectivity index (χ0) is 11.5. The van der Waals surface area contributed by atoms with E-state index in [4.69, 9.17) is 5.11 Å². The lowest BCUT2D eigenvalue weighted by Gasteiger charge is -2.35. The molecule has 86 valence electrons. The molecule has 0 aromatic heterocycles. The molecule has 1 N–H and O–H groups in total. The number of carbonyl (C=O) groups excluding carboxylic acids is 1. The Labute approximate surface area is 99.5 Å². The van der Waals surface area contributed by atoms with Crippen molar-refractivity contribution in [3.8, 4) is 0 Å². The molecule has 2 rings (SSSR count). The molecule has 0 bridgehead atoms. The second kappa shape index (κ2) is 4.89. The van der Waals surface area contributed by atoms with Gasteiger partial charge in [-0.1, -0.05) is 18.2 Å². The fourth-order valence-electron chi connectivity index (χ4n) is 1.61. The highest BCUT2D eigenvalue weighted by Crippen LogP contribution is 2.22. The molecule has 1 fully saturated rings. The lowest BCUT2D eigenvalue weighted by molar-refractivity contribution is -0.138. The first-order chi connectivity index (χ1) is 7.66. The van der Waals surface area contributed by atoms with E-state index in [1.807, 2.05) is 31.2 Å². The summed E-state index contributed by atoms with van der Waals surface area (Å²) in [7, 11) is 0. The summed E-state index contributed by atoms with van der Waals surface area (Å²) < 4.78 is 0. The minimum Gasteiger partial charge on any atom is -0.389 e. The molecule has 1 aromatic rings. The van der Waals surface area contributed by atoms with Gasteiger partial charge in [0.25, 0.3) is 0 Å². The van der Waals surface area contributed by atoms with Gasteiger partial charge < -0.3 is 10.0 Å². The zero-order valence-electron chi connectivity index (χ0n) is 9.22. The van der Waals surface area contributed by atoms with Crippen molar-refractivity contribution < 1.29 is 9.90 Å². The number of rotatable bonds is 3. The standard InChI is InChI=1S/C12H15NO2S/c1-9-4-2-3-5-11(9)16-8-12(15)13-6-10(14)7-13/h2-5,10,14H,6-8H2,1H3. The third-order valence-electron chi connectivity index (χ3n) is 2.66. The van der Waals surface area contributed by atoms with Crippen molar-refractivity contribution >= 4 is 17.7 Å². The molecule has 1 aromatic carbocycles. The van der Waals surface area contributed by atoms with E-state index in [2.05, 4.69) is 0 Å². The summed E-state index contributed by atoms with van der Waals surface area (Å²) in [6.45, 7) is 3.03. The van der Waals surface area contributed by atoms with Crippen molar-refractivity contribution in [2.45, 2.75) is 17.9 Å². The van der Waals surface area contributed by atoms with E-state index in [-0.39, 0.29) is 12.0 Å². The smallest absolute Gasteiger partial charge is 0.233 e. The van der Waals surface area contributed by atoms with Gasteiger partial charge in [0, 0.05) is 18.0 Å². The zero-order valence-corrected chi connectivity index (χ0v) is 10.0. The number of hydrogen-bond donors (Lipinski definition) is 1. The van der Waals surface area contributed by atoms with Crippen LogP contribution in [0.1, 0.15) is 5.56 Å². The van der Waals surface area contributed by atoms with Crippen molar-refractivity contribution in [2.75, 3.05) is 18.8 Å². The number of hydrogen-bond acceptors (Lipinski definition) is 3. The average molecular weight is 237 g/mol. The Morgan fingerprint density at radius 2 is 2.19 bits per heavy atom. The molecule has 16 heavy (non-hydrogen) atoms. The summed E-state index contributed by atoms with van der Waals surface area (Å²) in [6, 6.07) is 8.04. The third-order valence-corrected chi connectivity index (χ3v) is 3.82. The largest absolute Gasteiger partial charge is 0.389 e. The van der Waals surface area contributed by atoms with Gasteiger partial charge in [-0.05, 0) is 18.6 Å². The summed E-state index contributed by atoms with van der Waals surface area (Å²) in [4.78, 5) is 14.5. The summed E-state index contributed by atoms with van der Waals surface area (Å²) >= 11 is 1.56. The molecule has 0 aliphatic carbocycles. The van der Waals surface area contributed by atoms with E-state index in [0.717, 1.165) is 4.90 Å². The quantitative estimate of drug-likeness (QED) is 0.805. The van der Waals surface area contributed by atoms with Crippen LogP contribution in [0.5, 0.6) is 0 Å². The number of nitrogens with zero attached hydrogens (tertiary/aromatic N) is 1. The second-order valence-corrected chi connectivity index (χ2v) is 5.02. The first-order valence-electron chi connectivity index (χ1n) is 5.31. The van der Waals surface area contributed by atoms with Gasteiger partial charge >= 0.3 is 0 Å². The molecule has 0 atom stereocenters. The summed E-state index contributed by atoms with van der Waals surface area (Å²) in [6.07, 6.45) is -0.313. The van der Waals surface area contributed by atoms with Crippen LogP contribution in [0.4, 0.5) is 0 Å². The van der Waals surface area contributed by atoms with Crippen LogP contribution < -0.4 is 0 Å². The number of aliphatic hydroxyl groups is 1. The Morgan fingerprint density at radius 1 is 1.50 bits per heavy atom. The van der Waals surface area contributed by atoms with Crippen LogP contribution in [0, 0.1) is 6.92 Å². The first kappa shape index (κ1) is 11.5. The number of β-amino-alcohol motifs (C(OH)–C–C–N with tert-alkyl or cyclic N) is 1. The number of carbonyl (C=O) groups is 1. The molecule has 3 nitrogen and oxygen atoms in total. The van der Waals surface area contributed by atoms with Crippen molar-refractivity contribution in [1.82, 2.24) is 4.90 Å². The van der Waals surface area contributed by atoms with Crippen LogP contribution in [0.15, 0.2) is 29.2 Å². The highest BCUT2D eigenvalue weighted by Gasteiger charge is 2.28. The van der Waals surface area contributed by atoms with Crippen LogP contribution in [-0.2, 0) is 4.79 Å². The number of amides is 1. The maximum Gasteiger partial charge on any atom is 0.233 e. The van der Waals surface area contributed by atoms with Gasteiger partial charge in [-0.3, -0.25) is 4.79 Å². The van der Waals surface area contributed by atoms with Gasteiger partial charge in [-0.15, -0.1) is 11.8 Å². The molecule has 0 unspecified atom stereocenters. The van der Waals surface area contributed by atoms with Gasteiger partial charge in [0.1, 0.15) is 0 Å². The lowest BCUT2D eigenvalue weighted by atomic mass is 10.2. The van der Waals surface area contributed by atoms with Gasteiger partial charge in [0.05, 0.1) is 11.9 Å². The first-order valence-corrected chi connectivity index (χ1v) is 6.29. The minimum atomic E-state index is -0.313. The number of thioether (sulfide) groups is 1. The van der Waals surface area contributed by atoms with E-state index in [1.54, 1.807) is 16.7 Å². The molecule has 4 heteroatoms. The van der Waals surface area contributed by atoms with Crippen molar-refractivity contribution in [2.24, 2.45) is 0 Å². The van der Waals surface area contributed by atoms with Crippen LogP contribution in [0.2, 0.25) is 0 Å². The molecule has 0 radical (unpaired) electrons. The fraction of sp³-hybridized carbons (Fsp3) is 0.417. The highest BCUT2D eigenvalue weighted by molar-refractivity contribution is 8.00. The molecule has 0 spiro atoms. The molecule has 1 heterocycles. The SMILES string of the molecule is Cc1ccccc1SCC(=O)N1CC(O)C1.